The zero-order valence-electron chi connectivity index (χ0n) is 10.9. The first kappa shape index (κ1) is 17.4. The minimum Gasteiger partial charge on any atom is -0.480 e. The topological polar surface area (TPSA) is 78.4 Å². The second kappa shape index (κ2) is 11.5. The van der Waals surface area contributed by atoms with Crippen LogP contribution < -0.4 is 10.6 Å². The molecule has 0 unspecified atom stereocenters. The van der Waals surface area contributed by atoms with Gasteiger partial charge >= 0.3 is 12.0 Å². The number of unbranched alkanes of at least 4 members (excludes halogenated alkanes) is 1. The summed E-state index contributed by atoms with van der Waals surface area (Å²) in [6.07, 6.45) is 6.36. The highest BCUT2D eigenvalue weighted by atomic mass is 32.2. The van der Waals surface area contributed by atoms with Crippen molar-refractivity contribution in [3.63, 3.8) is 0 Å². The Hall–Kier alpha value is -0.560. The number of rotatable bonds is 10. The average molecular weight is 294 g/mol. The van der Waals surface area contributed by atoms with Crippen molar-refractivity contribution >= 4 is 35.5 Å². The highest BCUT2D eigenvalue weighted by Crippen LogP contribution is 2.01. The predicted molar refractivity (Wildman–Crippen MR) is 78.6 cm³/mol. The van der Waals surface area contributed by atoms with Gasteiger partial charge in [-0.15, -0.1) is 0 Å². The minimum absolute atomic E-state index is 0.396. The number of hydrogen-bond acceptors (Lipinski definition) is 4. The monoisotopic (exact) mass is 294 g/mol. The lowest BCUT2D eigenvalue weighted by Crippen LogP contribution is -2.46. The molecule has 106 valence electrons. The second-order valence-corrected chi connectivity index (χ2v) is 5.74. The Morgan fingerprint density at radius 1 is 1.17 bits per heavy atom. The van der Waals surface area contributed by atoms with Crippen LogP contribution in [0.25, 0.3) is 0 Å². The van der Waals surface area contributed by atoms with Crippen LogP contribution in [-0.2, 0) is 4.79 Å². The molecule has 0 fully saturated rings. The zero-order valence-corrected chi connectivity index (χ0v) is 12.5. The molecule has 0 spiro atoms. The van der Waals surface area contributed by atoms with Crippen LogP contribution in [0, 0.1) is 0 Å². The van der Waals surface area contributed by atoms with E-state index in [9.17, 15) is 9.59 Å². The van der Waals surface area contributed by atoms with Crippen LogP contribution in [0.1, 0.15) is 19.3 Å². The maximum atomic E-state index is 11.5. The minimum atomic E-state index is -0.985. The van der Waals surface area contributed by atoms with E-state index in [4.69, 9.17) is 5.11 Å². The van der Waals surface area contributed by atoms with Gasteiger partial charge in [-0.1, -0.05) is 0 Å². The molecule has 1 atom stereocenters. The predicted octanol–water partition coefficient (Wildman–Crippen LogP) is 1.64. The Morgan fingerprint density at radius 3 is 2.39 bits per heavy atom. The van der Waals surface area contributed by atoms with E-state index in [2.05, 4.69) is 10.6 Å². The molecule has 2 amide bonds. The molecule has 0 bridgehead atoms. The number of carbonyl (C=O) groups is 2. The van der Waals surface area contributed by atoms with Gasteiger partial charge in [0.05, 0.1) is 0 Å². The van der Waals surface area contributed by atoms with Crippen molar-refractivity contribution in [3.05, 3.63) is 0 Å². The van der Waals surface area contributed by atoms with Crippen LogP contribution in [-0.4, -0.2) is 53.7 Å². The van der Waals surface area contributed by atoms with Crippen molar-refractivity contribution in [1.82, 2.24) is 10.6 Å². The van der Waals surface area contributed by atoms with Gasteiger partial charge in [-0.05, 0) is 43.3 Å². The number of nitrogens with one attached hydrogen (secondary N) is 2. The molecule has 0 aliphatic rings. The quantitative estimate of drug-likeness (QED) is 0.534. The summed E-state index contributed by atoms with van der Waals surface area (Å²) in [6.45, 7) is 0.585. The highest BCUT2D eigenvalue weighted by molar-refractivity contribution is 7.98. The molecule has 3 N–H and O–H groups in total. The van der Waals surface area contributed by atoms with Gasteiger partial charge in [0.1, 0.15) is 6.04 Å². The van der Waals surface area contributed by atoms with E-state index in [1.54, 1.807) is 23.5 Å². The molecular weight excluding hydrogens is 272 g/mol. The van der Waals surface area contributed by atoms with Gasteiger partial charge in [0, 0.05) is 6.54 Å². The van der Waals surface area contributed by atoms with Crippen LogP contribution in [0.15, 0.2) is 0 Å². The van der Waals surface area contributed by atoms with Crippen molar-refractivity contribution < 1.29 is 14.7 Å². The lowest BCUT2D eigenvalue weighted by molar-refractivity contribution is -0.139. The fourth-order valence-electron chi connectivity index (χ4n) is 1.28. The first-order valence-electron chi connectivity index (χ1n) is 5.86. The Kier molecular flexibility index (Phi) is 11.2. The Balaban J connectivity index is 3.77. The summed E-state index contributed by atoms with van der Waals surface area (Å²) in [5.74, 6) is 0.807. The van der Waals surface area contributed by atoms with Gasteiger partial charge in [-0.2, -0.15) is 23.5 Å². The van der Waals surface area contributed by atoms with Gasteiger partial charge in [-0.3, -0.25) is 0 Å². The van der Waals surface area contributed by atoms with E-state index in [0.717, 1.165) is 18.6 Å². The molecule has 0 saturated carbocycles. The first-order chi connectivity index (χ1) is 8.61. The summed E-state index contributed by atoms with van der Waals surface area (Å²) in [4.78, 5) is 22.4. The van der Waals surface area contributed by atoms with Crippen molar-refractivity contribution in [2.45, 2.75) is 25.3 Å². The van der Waals surface area contributed by atoms with E-state index < -0.39 is 18.0 Å². The van der Waals surface area contributed by atoms with Crippen LogP contribution in [0.2, 0.25) is 0 Å². The molecule has 0 aliphatic carbocycles. The fourth-order valence-corrected chi connectivity index (χ4v) is 2.24. The number of carbonyl (C=O) groups excluding carboxylic acids is 1. The lowest BCUT2D eigenvalue weighted by atomic mass is 10.2. The standard InChI is InChI=1S/C11H22N2O3S2/c1-17-7-4-3-6-12-11(16)13-9(10(14)15)5-8-18-2/h9H,3-8H2,1-2H3,(H,14,15)(H2,12,13,16)/t9-/m1/s1. The summed E-state index contributed by atoms with van der Waals surface area (Å²) in [6, 6.07) is -1.20. The number of amides is 2. The van der Waals surface area contributed by atoms with E-state index in [1.807, 2.05) is 12.5 Å². The Morgan fingerprint density at radius 2 is 1.83 bits per heavy atom. The smallest absolute Gasteiger partial charge is 0.326 e. The molecule has 0 aromatic heterocycles. The third-order valence-corrected chi connectivity index (χ3v) is 3.62. The Bertz CT molecular complexity index is 252. The lowest BCUT2D eigenvalue weighted by Gasteiger charge is -2.14. The fraction of sp³-hybridized carbons (Fsp3) is 0.818. The van der Waals surface area contributed by atoms with Crippen LogP contribution in [0.5, 0.6) is 0 Å². The van der Waals surface area contributed by atoms with Gasteiger partial charge in [0.15, 0.2) is 0 Å². The number of thioether (sulfide) groups is 2. The summed E-state index contributed by atoms with van der Waals surface area (Å²) >= 11 is 3.34. The summed E-state index contributed by atoms with van der Waals surface area (Å²) in [5, 5.41) is 14.1. The Labute approximate surface area is 117 Å². The van der Waals surface area contributed by atoms with Crippen molar-refractivity contribution in [1.29, 1.82) is 0 Å². The summed E-state index contributed by atoms with van der Waals surface area (Å²) < 4.78 is 0. The molecule has 5 nitrogen and oxygen atoms in total. The third kappa shape index (κ3) is 9.47. The van der Waals surface area contributed by atoms with Gasteiger partial charge in [0.2, 0.25) is 0 Å². The summed E-state index contributed by atoms with van der Waals surface area (Å²) in [5.41, 5.74) is 0. The molecule has 0 heterocycles. The van der Waals surface area contributed by atoms with Crippen molar-refractivity contribution in [2.24, 2.45) is 0 Å². The number of hydrogen-bond donors (Lipinski definition) is 3. The molecule has 0 saturated heterocycles. The molecule has 0 rings (SSSR count). The molecule has 0 radical (unpaired) electrons. The second-order valence-electron chi connectivity index (χ2n) is 3.77. The largest absolute Gasteiger partial charge is 0.480 e. The van der Waals surface area contributed by atoms with Crippen molar-refractivity contribution in [3.8, 4) is 0 Å². The van der Waals surface area contributed by atoms with Gasteiger partial charge in [0.25, 0.3) is 0 Å². The zero-order chi connectivity index (χ0) is 13.8. The maximum absolute atomic E-state index is 11.5. The molecule has 7 heteroatoms. The van der Waals surface area contributed by atoms with Gasteiger partial charge in [-0.25, -0.2) is 9.59 Å². The third-order valence-electron chi connectivity index (χ3n) is 2.27. The van der Waals surface area contributed by atoms with Crippen molar-refractivity contribution in [2.75, 3.05) is 30.6 Å². The molecule has 18 heavy (non-hydrogen) atoms. The maximum Gasteiger partial charge on any atom is 0.326 e. The van der Waals surface area contributed by atoms with E-state index >= 15 is 0 Å². The van der Waals surface area contributed by atoms with E-state index in [0.29, 0.717) is 18.7 Å². The highest BCUT2D eigenvalue weighted by Gasteiger charge is 2.18. The molecule has 0 aliphatic heterocycles. The number of urea groups is 1. The number of carboxylic acids is 1. The molecular formula is C11H22N2O3S2. The SMILES string of the molecule is CSCCCCNC(=O)N[C@H](CCSC)C(=O)O. The van der Waals surface area contributed by atoms with E-state index in [1.165, 1.54) is 0 Å². The van der Waals surface area contributed by atoms with E-state index in [-0.39, 0.29) is 0 Å². The van der Waals surface area contributed by atoms with Crippen LogP contribution in [0.3, 0.4) is 0 Å². The van der Waals surface area contributed by atoms with Crippen LogP contribution >= 0.6 is 23.5 Å². The molecule has 0 aromatic rings. The summed E-state index contributed by atoms with van der Waals surface area (Å²) in [7, 11) is 0. The van der Waals surface area contributed by atoms with Gasteiger partial charge < -0.3 is 15.7 Å². The number of aliphatic carboxylic acids is 1. The van der Waals surface area contributed by atoms with Crippen LogP contribution in [0.4, 0.5) is 4.79 Å². The normalized spacial score (nSPS) is 11.9. The number of carboxylic acid groups (broad SMARTS) is 1. The first-order valence-corrected chi connectivity index (χ1v) is 8.65. The molecule has 0 aromatic carbocycles. The average Bonchev–Trinajstić information content (AvgIpc) is 2.33.